The summed E-state index contributed by atoms with van der Waals surface area (Å²) in [5.74, 6) is -0.671. The summed E-state index contributed by atoms with van der Waals surface area (Å²) in [4.78, 5) is 12.8. The van der Waals surface area contributed by atoms with E-state index in [1.807, 2.05) is 6.92 Å². The molecule has 0 saturated heterocycles. The molecule has 204 valence electrons. The van der Waals surface area contributed by atoms with Gasteiger partial charge in [0.05, 0.1) is 30.3 Å². The first-order chi connectivity index (χ1) is 16.5. The van der Waals surface area contributed by atoms with Gasteiger partial charge in [-0.25, -0.2) is 0 Å². The standard InChI is InChI=1S/C30H48O6/c1-25(2)20-13-22(33)29(6)19(27(20,4)10-9-21(25)32)8-7-17-18-14-26(3,16-31)23(34)15-30(18,24(35)36)12-11-28(17,29)5/h7,18-23,31-34H,8-16H2,1-6H3,(H,35,36)/t18-,19+,20-,21-,22-,23-,26+,27+,28+,29-,30+/m0/s1. The number of hydrogen-bond acceptors (Lipinski definition) is 5. The highest BCUT2D eigenvalue weighted by molar-refractivity contribution is 5.77. The third-order valence-electron chi connectivity index (χ3n) is 13.5. The number of carbonyl (C=O) groups is 1. The zero-order chi connectivity index (χ0) is 26.7. The molecule has 4 saturated carbocycles. The number of rotatable bonds is 2. The molecule has 0 spiro atoms. The maximum atomic E-state index is 12.8. The van der Waals surface area contributed by atoms with Crippen molar-refractivity contribution in [3.05, 3.63) is 11.6 Å². The summed E-state index contributed by atoms with van der Waals surface area (Å²) >= 11 is 0. The summed E-state index contributed by atoms with van der Waals surface area (Å²) < 4.78 is 0. The molecule has 0 radical (unpaired) electrons. The Kier molecular flexibility index (Phi) is 5.77. The third-order valence-corrected chi connectivity index (χ3v) is 13.5. The van der Waals surface area contributed by atoms with E-state index < -0.39 is 34.4 Å². The molecule has 0 aromatic rings. The van der Waals surface area contributed by atoms with Gasteiger partial charge in [0.2, 0.25) is 0 Å². The van der Waals surface area contributed by atoms with Gasteiger partial charge < -0.3 is 25.5 Å². The zero-order valence-electron chi connectivity index (χ0n) is 23.0. The lowest BCUT2D eigenvalue weighted by Gasteiger charge is -2.72. The molecule has 0 amide bonds. The van der Waals surface area contributed by atoms with Crippen LogP contribution in [0.3, 0.4) is 0 Å². The summed E-state index contributed by atoms with van der Waals surface area (Å²) in [6.07, 6.45) is 5.42. The van der Waals surface area contributed by atoms with Crippen LogP contribution in [0.1, 0.15) is 92.9 Å². The lowest BCUT2D eigenvalue weighted by atomic mass is 9.33. The van der Waals surface area contributed by atoms with Crippen molar-refractivity contribution in [3.63, 3.8) is 0 Å². The van der Waals surface area contributed by atoms with E-state index in [4.69, 9.17) is 0 Å². The highest BCUT2D eigenvalue weighted by Crippen LogP contribution is 2.75. The molecule has 0 aromatic heterocycles. The molecule has 0 heterocycles. The fourth-order valence-corrected chi connectivity index (χ4v) is 10.6. The van der Waals surface area contributed by atoms with Crippen molar-refractivity contribution in [2.24, 2.45) is 50.2 Å². The topological polar surface area (TPSA) is 118 Å². The van der Waals surface area contributed by atoms with E-state index in [0.29, 0.717) is 25.7 Å². The van der Waals surface area contributed by atoms with Crippen LogP contribution in [0.4, 0.5) is 0 Å². The van der Waals surface area contributed by atoms with Crippen molar-refractivity contribution in [2.75, 3.05) is 6.61 Å². The normalized spacial score (nSPS) is 55.9. The molecule has 0 bridgehead atoms. The van der Waals surface area contributed by atoms with Gasteiger partial charge in [0, 0.05) is 10.8 Å². The van der Waals surface area contributed by atoms with E-state index in [1.54, 1.807) is 0 Å². The molecular weight excluding hydrogens is 456 g/mol. The predicted octanol–water partition coefficient (Wildman–Crippen LogP) is 4.15. The number of aliphatic hydroxyl groups excluding tert-OH is 4. The Morgan fingerprint density at radius 3 is 2.19 bits per heavy atom. The van der Waals surface area contributed by atoms with Crippen LogP contribution in [-0.4, -0.2) is 56.4 Å². The first kappa shape index (κ1) is 26.6. The Labute approximate surface area is 216 Å². The fourth-order valence-electron chi connectivity index (χ4n) is 10.6. The average molecular weight is 505 g/mol. The second kappa shape index (κ2) is 7.80. The van der Waals surface area contributed by atoms with Crippen LogP contribution in [-0.2, 0) is 4.79 Å². The molecule has 0 unspecified atom stereocenters. The third kappa shape index (κ3) is 2.96. The van der Waals surface area contributed by atoms with E-state index in [2.05, 4.69) is 40.7 Å². The van der Waals surface area contributed by atoms with Gasteiger partial charge in [-0.05, 0) is 85.4 Å². The largest absolute Gasteiger partial charge is 0.481 e. The monoisotopic (exact) mass is 504 g/mol. The Bertz CT molecular complexity index is 974. The van der Waals surface area contributed by atoms with E-state index in [0.717, 1.165) is 24.8 Å². The van der Waals surface area contributed by atoms with Gasteiger partial charge >= 0.3 is 5.97 Å². The molecular formula is C30H48O6. The number of aliphatic hydroxyl groups is 4. The molecule has 0 aromatic carbocycles. The molecule has 6 heteroatoms. The Morgan fingerprint density at radius 2 is 1.58 bits per heavy atom. The van der Waals surface area contributed by atoms with Crippen LogP contribution in [0.5, 0.6) is 0 Å². The highest BCUT2D eigenvalue weighted by Gasteiger charge is 2.72. The minimum absolute atomic E-state index is 0.0224. The van der Waals surface area contributed by atoms with E-state index in [9.17, 15) is 30.3 Å². The SMILES string of the molecule is CC1(C)[C@@H](O)CC[C@]2(C)[C@H]3CC=C4[C@@H]5C[C@](C)(CO)[C@@H](O)C[C@]5(C(=O)O)CC[C@@]4(C)[C@]3(C)[C@@H](O)C[C@@H]12. The van der Waals surface area contributed by atoms with Gasteiger partial charge in [0.15, 0.2) is 0 Å². The van der Waals surface area contributed by atoms with Crippen LogP contribution >= 0.6 is 0 Å². The van der Waals surface area contributed by atoms with Crippen LogP contribution in [0.2, 0.25) is 0 Å². The highest BCUT2D eigenvalue weighted by atomic mass is 16.4. The molecule has 11 atom stereocenters. The van der Waals surface area contributed by atoms with Gasteiger partial charge in [-0.1, -0.05) is 53.2 Å². The maximum Gasteiger partial charge on any atom is 0.310 e. The van der Waals surface area contributed by atoms with Crippen LogP contribution in [0.25, 0.3) is 0 Å². The number of fused-ring (bicyclic) bond motifs is 7. The Morgan fingerprint density at radius 1 is 0.917 bits per heavy atom. The maximum absolute atomic E-state index is 12.8. The second-order valence-electron chi connectivity index (χ2n) is 15.0. The van der Waals surface area contributed by atoms with Crippen molar-refractivity contribution >= 4 is 5.97 Å². The number of allylic oxidation sites excluding steroid dienone is 2. The van der Waals surface area contributed by atoms with Gasteiger partial charge in [-0.2, -0.15) is 0 Å². The van der Waals surface area contributed by atoms with E-state index >= 15 is 0 Å². The minimum Gasteiger partial charge on any atom is -0.481 e. The van der Waals surface area contributed by atoms with Crippen LogP contribution < -0.4 is 0 Å². The van der Waals surface area contributed by atoms with Crippen molar-refractivity contribution in [3.8, 4) is 0 Å². The van der Waals surface area contributed by atoms with Crippen LogP contribution in [0, 0.1) is 50.2 Å². The molecule has 5 aliphatic carbocycles. The van der Waals surface area contributed by atoms with Crippen LogP contribution in [0.15, 0.2) is 11.6 Å². The molecule has 6 nitrogen and oxygen atoms in total. The molecule has 36 heavy (non-hydrogen) atoms. The summed E-state index contributed by atoms with van der Waals surface area (Å²) in [5, 5.41) is 54.6. The van der Waals surface area contributed by atoms with Gasteiger partial charge in [0.1, 0.15) is 0 Å². The Balaban J connectivity index is 1.64. The van der Waals surface area contributed by atoms with Gasteiger partial charge in [-0.15, -0.1) is 0 Å². The number of aliphatic carboxylic acids is 1. The lowest BCUT2D eigenvalue weighted by Crippen LogP contribution is -2.69. The van der Waals surface area contributed by atoms with Crippen molar-refractivity contribution in [1.29, 1.82) is 0 Å². The summed E-state index contributed by atoms with van der Waals surface area (Å²) in [7, 11) is 0. The van der Waals surface area contributed by atoms with Gasteiger partial charge in [-0.3, -0.25) is 4.79 Å². The molecule has 5 rings (SSSR count). The van der Waals surface area contributed by atoms with Crippen molar-refractivity contribution in [2.45, 2.75) is 111 Å². The molecule has 5 N–H and O–H groups in total. The van der Waals surface area contributed by atoms with E-state index in [1.165, 1.54) is 0 Å². The number of carboxylic acids is 1. The first-order valence-electron chi connectivity index (χ1n) is 14.1. The summed E-state index contributed by atoms with van der Waals surface area (Å²) in [6, 6.07) is 0. The minimum atomic E-state index is -1.04. The molecule has 0 aliphatic heterocycles. The van der Waals surface area contributed by atoms with Crippen molar-refractivity contribution < 1.29 is 30.3 Å². The van der Waals surface area contributed by atoms with Gasteiger partial charge in [0.25, 0.3) is 0 Å². The summed E-state index contributed by atoms with van der Waals surface area (Å²) in [5.41, 5.74) is -1.72. The predicted molar refractivity (Wildman–Crippen MR) is 137 cm³/mol. The zero-order valence-corrected chi connectivity index (χ0v) is 23.0. The second-order valence-corrected chi connectivity index (χ2v) is 15.0. The Hall–Kier alpha value is -0.950. The smallest absolute Gasteiger partial charge is 0.310 e. The number of carboxylic acid groups (broad SMARTS) is 1. The lowest BCUT2D eigenvalue weighted by molar-refractivity contribution is -0.246. The average Bonchev–Trinajstić information content (AvgIpc) is 2.80. The summed E-state index contributed by atoms with van der Waals surface area (Å²) in [6.45, 7) is 12.9. The molecule has 4 fully saturated rings. The van der Waals surface area contributed by atoms with Crippen molar-refractivity contribution in [1.82, 2.24) is 0 Å². The first-order valence-corrected chi connectivity index (χ1v) is 14.1. The molecule has 5 aliphatic rings. The quantitative estimate of drug-likeness (QED) is 0.361. The van der Waals surface area contributed by atoms with E-state index in [-0.39, 0.29) is 53.1 Å². The number of hydrogen-bond donors (Lipinski definition) is 5. The fraction of sp³-hybridized carbons (Fsp3) is 0.900.